The third-order valence-electron chi connectivity index (χ3n) is 7.81. The lowest BCUT2D eigenvalue weighted by molar-refractivity contribution is -0.121. The highest BCUT2D eigenvalue weighted by atomic mass is 16.5. The maximum atomic E-state index is 12.7. The summed E-state index contributed by atoms with van der Waals surface area (Å²) in [7, 11) is 3.25. The van der Waals surface area contributed by atoms with Crippen molar-refractivity contribution in [3.8, 4) is 17.2 Å². The van der Waals surface area contributed by atoms with Gasteiger partial charge in [0.15, 0.2) is 11.5 Å². The predicted octanol–water partition coefficient (Wildman–Crippen LogP) is 7.10. The van der Waals surface area contributed by atoms with E-state index in [4.69, 9.17) is 14.2 Å². The van der Waals surface area contributed by atoms with Crippen molar-refractivity contribution >= 4 is 17.7 Å². The van der Waals surface area contributed by atoms with Crippen LogP contribution in [-0.2, 0) is 4.79 Å². The van der Waals surface area contributed by atoms with Gasteiger partial charge in [-0.15, -0.1) is 0 Å². The number of methoxy groups -OCH3 is 2. The van der Waals surface area contributed by atoms with E-state index in [1.807, 2.05) is 17.1 Å². The van der Waals surface area contributed by atoms with Crippen LogP contribution in [0.4, 0.5) is 5.69 Å². The molecule has 0 radical (unpaired) electrons. The molecule has 3 rings (SSSR count). The summed E-state index contributed by atoms with van der Waals surface area (Å²) in [4.78, 5) is 15.0. The van der Waals surface area contributed by atoms with Crippen molar-refractivity contribution in [2.75, 3.05) is 51.9 Å². The Hall–Kier alpha value is -3.19. The van der Waals surface area contributed by atoms with Gasteiger partial charge in [-0.25, -0.2) is 5.01 Å². The second-order valence-corrected chi connectivity index (χ2v) is 11.0. The number of nitrogens with one attached hydrogen (secondary N) is 1. The van der Waals surface area contributed by atoms with Crippen molar-refractivity contribution in [3.63, 3.8) is 0 Å². The zero-order chi connectivity index (χ0) is 29.5. The molecular weight excluding hydrogens is 514 g/mol. The molecule has 0 aromatic heterocycles. The quantitative estimate of drug-likeness (QED) is 0.163. The summed E-state index contributed by atoms with van der Waals surface area (Å²) in [5.41, 5.74) is 7.66. The lowest BCUT2D eigenvalue weighted by atomic mass is 10.1. The number of hydrazine groups is 1. The summed E-state index contributed by atoms with van der Waals surface area (Å²) in [6, 6.07) is 10.3. The van der Waals surface area contributed by atoms with E-state index in [9.17, 15) is 4.79 Å². The van der Waals surface area contributed by atoms with Crippen LogP contribution >= 0.6 is 0 Å². The molecule has 1 aliphatic heterocycles. The van der Waals surface area contributed by atoms with Crippen molar-refractivity contribution in [2.24, 2.45) is 0 Å². The van der Waals surface area contributed by atoms with Gasteiger partial charge in [0.05, 0.1) is 20.8 Å². The molecule has 41 heavy (non-hydrogen) atoms. The highest BCUT2D eigenvalue weighted by Gasteiger charge is 2.19. The van der Waals surface area contributed by atoms with Gasteiger partial charge in [0, 0.05) is 37.9 Å². The van der Waals surface area contributed by atoms with Gasteiger partial charge in [-0.05, 0) is 67.3 Å². The van der Waals surface area contributed by atoms with Crippen LogP contribution in [0.3, 0.4) is 0 Å². The van der Waals surface area contributed by atoms with E-state index in [-0.39, 0.29) is 5.91 Å². The third-order valence-corrected chi connectivity index (χ3v) is 7.81. The van der Waals surface area contributed by atoms with E-state index in [2.05, 4.69) is 49.3 Å². The maximum Gasteiger partial charge on any atom is 0.258 e. The fraction of sp³-hybridized carbons (Fsp3) is 0.559. The number of aryl methyl sites for hydroxylation is 2. The lowest BCUT2D eigenvalue weighted by Gasteiger charge is -2.36. The van der Waals surface area contributed by atoms with E-state index in [1.54, 1.807) is 26.4 Å². The summed E-state index contributed by atoms with van der Waals surface area (Å²) >= 11 is 0. The van der Waals surface area contributed by atoms with E-state index in [0.717, 1.165) is 44.6 Å². The summed E-state index contributed by atoms with van der Waals surface area (Å²) in [5, 5.41) is 1.98. The first-order valence-electron chi connectivity index (χ1n) is 15.4. The third kappa shape index (κ3) is 10.6. The Morgan fingerprint density at radius 1 is 0.829 bits per heavy atom. The van der Waals surface area contributed by atoms with Crippen LogP contribution in [0, 0.1) is 13.8 Å². The molecule has 0 unspecified atom stereocenters. The number of ether oxygens (including phenoxy) is 3. The van der Waals surface area contributed by atoms with Crippen LogP contribution in [0.1, 0.15) is 81.4 Å². The van der Waals surface area contributed by atoms with Crippen LogP contribution in [0.5, 0.6) is 17.2 Å². The number of rotatable bonds is 17. The molecule has 1 fully saturated rings. The summed E-state index contributed by atoms with van der Waals surface area (Å²) in [6.07, 6.45) is 14.7. The van der Waals surface area contributed by atoms with E-state index >= 15 is 0 Å². The molecule has 0 aliphatic carbocycles. The Bertz CT molecular complexity index is 1080. The number of nitrogens with zero attached hydrogens (tertiary/aromatic N) is 2. The normalized spacial score (nSPS) is 13.9. The van der Waals surface area contributed by atoms with Gasteiger partial charge >= 0.3 is 0 Å². The largest absolute Gasteiger partial charge is 0.493 e. The molecule has 7 heteroatoms. The Morgan fingerprint density at radius 2 is 1.44 bits per heavy atom. The fourth-order valence-electron chi connectivity index (χ4n) is 5.09. The van der Waals surface area contributed by atoms with E-state index in [0.29, 0.717) is 23.9 Å². The smallest absolute Gasteiger partial charge is 0.258 e. The van der Waals surface area contributed by atoms with Crippen molar-refractivity contribution in [2.45, 2.75) is 78.6 Å². The first-order valence-corrected chi connectivity index (χ1v) is 15.4. The maximum absolute atomic E-state index is 12.7. The summed E-state index contributed by atoms with van der Waals surface area (Å²) in [5.74, 6) is 1.65. The summed E-state index contributed by atoms with van der Waals surface area (Å²) in [6.45, 7) is 10.4. The molecule has 1 aliphatic rings. The first kappa shape index (κ1) is 32.3. The number of hydrogen-bond donors (Lipinski definition) is 1. The number of amides is 1. The molecule has 0 spiro atoms. The molecule has 0 saturated carbocycles. The van der Waals surface area contributed by atoms with Gasteiger partial charge in [-0.1, -0.05) is 64.4 Å². The number of carbonyl (C=O) groups is 1. The molecular formula is C34H51N3O4. The lowest BCUT2D eigenvalue weighted by Crippen LogP contribution is -2.53. The number of piperazine rings is 1. The van der Waals surface area contributed by atoms with Crippen molar-refractivity contribution in [1.29, 1.82) is 0 Å². The number of carbonyl (C=O) groups excluding carboxylic acids is 1. The van der Waals surface area contributed by atoms with E-state index < -0.39 is 0 Å². The minimum atomic E-state index is -0.159. The topological polar surface area (TPSA) is 63.3 Å². The predicted molar refractivity (Wildman–Crippen MR) is 169 cm³/mol. The van der Waals surface area contributed by atoms with Gasteiger partial charge in [-0.2, -0.15) is 0 Å². The van der Waals surface area contributed by atoms with Crippen LogP contribution in [0.15, 0.2) is 36.4 Å². The van der Waals surface area contributed by atoms with Crippen molar-refractivity contribution in [3.05, 3.63) is 53.1 Å². The molecule has 226 valence electrons. The average Bonchev–Trinajstić information content (AvgIpc) is 2.98. The molecule has 0 atom stereocenters. The standard InChI is InChI=1S/C34H51N3O4/c1-6-7-8-9-10-11-12-13-14-23-41-34-31(39-4)25-29(26-32(34)40-5)16-18-33(38)35-37-21-19-36(20-22-37)30-17-15-27(2)28(3)24-30/h15-18,24-26H,6-14,19-23H2,1-5H3,(H,35,38). The van der Waals surface area contributed by atoms with Crippen molar-refractivity contribution < 1.29 is 19.0 Å². The minimum Gasteiger partial charge on any atom is -0.493 e. The summed E-state index contributed by atoms with van der Waals surface area (Å²) < 4.78 is 17.3. The highest BCUT2D eigenvalue weighted by molar-refractivity contribution is 5.91. The molecule has 2 aromatic carbocycles. The monoisotopic (exact) mass is 565 g/mol. The van der Waals surface area contributed by atoms with Gasteiger partial charge in [0.2, 0.25) is 5.75 Å². The minimum absolute atomic E-state index is 0.159. The molecule has 0 bridgehead atoms. The second-order valence-electron chi connectivity index (χ2n) is 11.0. The Morgan fingerprint density at radius 3 is 2.02 bits per heavy atom. The zero-order valence-corrected chi connectivity index (χ0v) is 26.0. The Labute approximate surface area is 247 Å². The van der Waals surface area contributed by atoms with Gasteiger partial charge in [0.25, 0.3) is 5.91 Å². The molecule has 2 aromatic rings. The Kier molecular flexibility index (Phi) is 13.9. The second kappa shape index (κ2) is 17.6. The van der Waals surface area contributed by atoms with E-state index in [1.165, 1.54) is 61.8 Å². The molecule has 7 nitrogen and oxygen atoms in total. The van der Waals surface area contributed by atoms with Crippen LogP contribution in [0.2, 0.25) is 0 Å². The fourth-order valence-corrected chi connectivity index (χ4v) is 5.09. The number of anilines is 1. The average molecular weight is 566 g/mol. The van der Waals surface area contributed by atoms with Gasteiger partial charge in [0.1, 0.15) is 0 Å². The molecule has 1 saturated heterocycles. The van der Waals surface area contributed by atoms with Crippen molar-refractivity contribution in [1.82, 2.24) is 10.4 Å². The first-order chi connectivity index (χ1) is 19.9. The number of unbranched alkanes of at least 4 members (excludes halogenated alkanes) is 8. The van der Waals surface area contributed by atoms with Crippen LogP contribution in [-0.4, -0.2) is 57.9 Å². The highest BCUT2D eigenvalue weighted by Crippen LogP contribution is 2.39. The molecule has 1 N–H and O–H groups in total. The van der Waals surface area contributed by atoms with Crippen LogP contribution in [0.25, 0.3) is 6.08 Å². The van der Waals surface area contributed by atoms with Gasteiger partial charge < -0.3 is 19.1 Å². The van der Waals surface area contributed by atoms with Gasteiger partial charge in [-0.3, -0.25) is 10.2 Å². The number of benzene rings is 2. The van der Waals surface area contributed by atoms with Crippen LogP contribution < -0.4 is 24.5 Å². The molecule has 1 heterocycles. The Balaban J connectivity index is 1.45. The SMILES string of the molecule is CCCCCCCCCCCOc1c(OC)cc(C=CC(=O)NN2CCN(c3ccc(C)c(C)c3)CC2)cc1OC. The molecule has 1 amide bonds. The number of hydrogen-bond acceptors (Lipinski definition) is 6. The zero-order valence-electron chi connectivity index (χ0n) is 26.0.